The van der Waals surface area contributed by atoms with Crippen LogP contribution in [0.25, 0.3) is 0 Å². The zero-order chi connectivity index (χ0) is 25.2. The summed E-state index contributed by atoms with van der Waals surface area (Å²) in [5.41, 5.74) is 5.07. The fourth-order valence-electron chi connectivity index (χ4n) is 6.51. The van der Waals surface area contributed by atoms with Crippen molar-refractivity contribution in [2.75, 3.05) is 32.6 Å². The summed E-state index contributed by atoms with van der Waals surface area (Å²) < 4.78 is 5.52. The predicted octanol–water partition coefficient (Wildman–Crippen LogP) is 4.77. The third-order valence-corrected chi connectivity index (χ3v) is 8.72. The van der Waals surface area contributed by atoms with Gasteiger partial charge in [-0.25, -0.2) is 4.98 Å². The number of benzene rings is 1. The molecule has 1 aliphatic carbocycles. The van der Waals surface area contributed by atoms with E-state index in [1.165, 1.54) is 22.3 Å². The van der Waals surface area contributed by atoms with E-state index in [-0.39, 0.29) is 17.9 Å². The fraction of sp³-hybridized carbons (Fsp3) is 0.600. The van der Waals surface area contributed by atoms with E-state index in [1.54, 1.807) is 0 Å². The molecule has 0 unspecified atom stereocenters. The van der Waals surface area contributed by atoms with Crippen LogP contribution in [-0.4, -0.2) is 66.1 Å². The van der Waals surface area contributed by atoms with E-state index in [0.29, 0.717) is 24.6 Å². The van der Waals surface area contributed by atoms with E-state index in [9.17, 15) is 4.79 Å². The Kier molecular flexibility index (Phi) is 7.63. The zero-order valence-electron chi connectivity index (χ0n) is 22.4. The molecular formula is C30H42N4O2. The average Bonchev–Trinajstić information content (AvgIpc) is 2.88. The molecule has 1 saturated carbocycles. The topological polar surface area (TPSA) is 57.7 Å². The Bertz CT molecular complexity index is 1060. The van der Waals surface area contributed by atoms with Crippen LogP contribution in [0.3, 0.4) is 0 Å². The van der Waals surface area contributed by atoms with Gasteiger partial charge in [0.05, 0.1) is 6.10 Å². The molecule has 2 fully saturated rings. The minimum atomic E-state index is 0.0300. The van der Waals surface area contributed by atoms with Crippen molar-refractivity contribution in [2.24, 2.45) is 5.92 Å². The molecule has 1 aromatic carbocycles. The van der Waals surface area contributed by atoms with Gasteiger partial charge in [0.2, 0.25) is 5.91 Å². The molecular weight excluding hydrogens is 448 g/mol. The van der Waals surface area contributed by atoms with Gasteiger partial charge in [0.25, 0.3) is 0 Å². The quantitative estimate of drug-likeness (QED) is 0.654. The molecule has 2 aromatic rings. The number of piperidine rings is 1. The standard InChI is InChI=1S/C30H42N4O2/c1-20-6-5-7-22(14-20)28-19-33(3)13-12-27(28)30(35)34-18-24-16-29(31-17-23(24)15-21(34)2)32-25-8-10-26(36-4)11-9-25/h5-7,14,16-17,21,25-28H,8-13,15,18-19H2,1-4H3,(H,31,32)/t21-,25?,26?,27-,28+/m0/s1. The molecule has 194 valence electrons. The number of amides is 1. The lowest BCUT2D eigenvalue weighted by Gasteiger charge is -2.42. The molecule has 0 spiro atoms. The number of nitrogens with one attached hydrogen (secondary N) is 1. The average molecular weight is 491 g/mol. The summed E-state index contributed by atoms with van der Waals surface area (Å²) in [6.07, 6.45) is 8.61. The van der Waals surface area contributed by atoms with E-state index in [2.05, 4.69) is 66.3 Å². The maximum Gasteiger partial charge on any atom is 0.226 e. The summed E-state index contributed by atoms with van der Waals surface area (Å²) in [4.78, 5) is 23.3. The Balaban J connectivity index is 1.31. The van der Waals surface area contributed by atoms with Gasteiger partial charge in [0, 0.05) is 50.3 Å². The van der Waals surface area contributed by atoms with Crippen molar-refractivity contribution in [3.05, 3.63) is 58.8 Å². The number of carbonyl (C=O) groups is 1. The number of aryl methyl sites for hydroxylation is 1. The molecule has 0 radical (unpaired) electrons. The van der Waals surface area contributed by atoms with E-state index >= 15 is 0 Å². The van der Waals surface area contributed by atoms with Crippen LogP contribution in [0.5, 0.6) is 0 Å². The summed E-state index contributed by atoms with van der Waals surface area (Å²) in [5, 5.41) is 3.66. The van der Waals surface area contributed by atoms with E-state index in [4.69, 9.17) is 9.72 Å². The highest BCUT2D eigenvalue weighted by Crippen LogP contribution is 2.36. The lowest BCUT2D eigenvalue weighted by Crippen LogP contribution is -2.50. The van der Waals surface area contributed by atoms with Gasteiger partial charge in [-0.2, -0.15) is 0 Å². The van der Waals surface area contributed by atoms with Crippen LogP contribution in [-0.2, 0) is 22.5 Å². The molecule has 6 nitrogen and oxygen atoms in total. The molecule has 1 amide bonds. The summed E-state index contributed by atoms with van der Waals surface area (Å²) >= 11 is 0. The number of anilines is 1. The third-order valence-electron chi connectivity index (χ3n) is 8.72. The Labute approximate surface area is 216 Å². The van der Waals surface area contributed by atoms with E-state index in [1.807, 2.05) is 13.3 Å². The first-order valence-corrected chi connectivity index (χ1v) is 13.7. The van der Waals surface area contributed by atoms with Gasteiger partial charge in [-0.05, 0) is 88.7 Å². The molecule has 36 heavy (non-hydrogen) atoms. The van der Waals surface area contributed by atoms with Crippen molar-refractivity contribution in [1.82, 2.24) is 14.8 Å². The maximum absolute atomic E-state index is 14.1. The van der Waals surface area contributed by atoms with Crippen LogP contribution in [0.2, 0.25) is 0 Å². The smallest absolute Gasteiger partial charge is 0.226 e. The van der Waals surface area contributed by atoms with Gasteiger partial charge in [0.15, 0.2) is 0 Å². The minimum absolute atomic E-state index is 0.0300. The summed E-state index contributed by atoms with van der Waals surface area (Å²) in [5.74, 6) is 1.52. The number of pyridine rings is 1. The molecule has 1 N–H and O–H groups in total. The number of rotatable bonds is 5. The predicted molar refractivity (Wildman–Crippen MR) is 144 cm³/mol. The SMILES string of the molecule is COC1CCC(Nc2cc3c(cn2)C[C@H](C)N(C(=O)[C@H]2CCN(C)C[C@@H]2c2cccc(C)c2)C3)CC1. The number of likely N-dealkylation sites (tertiary alicyclic amines) is 1. The normalized spacial score (nSPS) is 29.0. The minimum Gasteiger partial charge on any atom is -0.381 e. The number of carbonyl (C=O) groups excluding carboxylic acids is 1. The number of ether oxygens (including phenoxy) is 1. The number of nitrogens with zero attached hydrogens (tertiary/aromatic N) is 3. The van der Waals surface area contributed by atoms with Crippen molar-refractivity contribution < 1.29 is 9.53 Å². The van der Waals surface area contributed by atoms with Gasteiger partial charge in [0.1, 0.15) is 5.82 Å². The Morgan fingerprint density at radius 2 is 1.92 bits per heavy atom. The molecule has 2 aliphatic heterocycles. The molecule has 5 rings (SSSR count). The first kappa shape index (κ1) is 25.2. The number of hydrogen-bond donors (Lipinski definition) is 1. The maximum atomic E-state index is 14.1. The van der Waals surface area contributed by atoms with Crippen LogP contribution in [0.1, 0.15) is 67.2 Å². The van der Waals surface area contributed by atoms with Gasteiger partial charge < -0.3 is 19.9 Å². The molecule has 3 atom stereocenters. The fourth-order valence-corrected chi connectivity index (χ4v) is 6.51. The van der Waals surface area contributed by atoms with E-state index in [0.717, 1.165) is 57.4 Å². The Morgan fingerprint density at radius 3 is 2.67 bits per heavy atom. The van der Waals surface area contributed by atoms with Gasteiger partial charge >= 0.3 is 0 Å². The second-order valence-electron chi connectivity index (χ2n) is 11.4. The number of likely N-dealkylation sites (N-methyl/N-ethyl adjacent to an activating group) is 1. The highest BCUT2D eigenvalue weighted by molar-refractivity contribution is 5.81. The highest BCUT2D eigenvalue weighted by atomic mass is 16.5. The molecule has 6 heteroatoms. The molecule has 3 heterocycles. The van der Waals surface area contributed by atoms with Gasteiger partial charge in [-0.3, -0.25) is 4.79 Å². The van der Waals surface area contributed by atoms with Crippen LogP contribution in [0.4, 0.5) is 5.82 Å². The molecule has 0 bridgehead atoms. The monoisotopic (exact) mass is 490 g/mol. The Hall–Kier alpha value is -2.44. The largest absolute Gasteiger partial charge is 0.381 e. The molecule has 3 aliphatic rings. The van der Waals surface area contributed by atoms with Crippen molar-refractivity contribution in [1.29, 1.82) is 0 Å². The zero-order valence-corrected chi connectivity index (χ0v) is 22.4. The van der Waals surface area contributed by atoms with Crippen LogP contribution < -0.4 is 5.32 Å². The number of hydrogen-bond acceptors (Lipinski definition) is 5. The van der Waals surface area contributed by atoms with Crippen LogP contribution in [0, 0.1) is 12.8 Å². The number of fused-ring (bicyclic) bond motifs is 1. The van der Waals surface area contributed by atoms with Crippen molar-refractivity contribution in [3.8, 4) is 0 Å². The lowest BCUT2D eigenvalue weighted by molar-refractivity contribution is -0.141. The first-order valence-electron chi connectivity index (χ1n) is 13.7. The van der Waals surface area contributed by atoms with Crippen LogP contribution in [0.15, 0.2) is 36.5 Å². The molecule has 1 saturated heterocycles. The Morgan fingerprint density at radius 1 is 1.11 bits per heavy atom. The molecule has 1 aromatic heterocycles. The van der Waals surface area contributed by atoms with Gasteiger partial charge in [-0.15, -0.1) is 0 Å². The van der Waals surface area contributed by atoms with Gasteiger partial charge in [-0.1, -0.05) is 29.8 Å². The number of methoxy groups -OCH3 is 1. The highest BCUT2D eigenvalue weighted by Gasteiger charge is 2.39. The third kappa shape index (κ3) is 5.45. The van der Waals surface area contributed by atoms with Crippen LogP contribution >= 0.6 is 0 Å². The summed E-state index contributed by atoms with van der Waals surface area (Å²) in [6, 6.07) is 11.6. The van der Waals surface area contributed by atoms with Crippen molar-refractivity contribution in [3.63, 3.8) is 0 Å². The second-order valence-corrected chi connectivity index (χ2v) is 11.4. The van der Waals surface area contributed by atoms with Crippen molar-refractivity contribution >= 4 is 11.7 Å². The summed E-state index contributed by atoms with van der Waals surface area (Å²) in [7, 11) is 3.98. The summed E-state index contributed by atoms with van der Waals surface area (Å²) in [6.45, 7) is 6.91. The van der Waals surface area contributed by atoms with E-state index < -0.39 is 0 Å². The second kappa shape index (κ2) is 10.9. The lowest BCUT2D eigenvalue weighted by atomic mass is 9.79. The first-order chi connectivity index (χ1) is 17.4. The number of aromatic nitrogens is 1. The van der Waals surface area contributed by atoms with Crippen molar-refractivity contribution in [2.45, 2.75) is 83.0 Å².